The van der Waals surface area contributed by atoms with Crippen LogP contribution in [-0.2, 0) is 25.3 Å². The van der Waals surface area contributed by atoms with Gasteiger partial charge >= 0.3 is 5.97 Å². The highest BCUT2D eigenvalue weighted by Crippen LogP contribution is 2.42. The first-order chi connectivity index (χ1) is 15.9. The Morgan fingerprint density at radius 3 is 2.09 bits per heavy atom. The van der Waals surface area contributed by atoms with E-state index in [1.807, 2.05) is 37.3 Å². The van der Waals surface area contributed by atoms with Crippen LogP contribution in [0.2, 0.25) is 0 Å². The van der Waals surface area contributed by atoms with E-state index in [0.717, 1.165) is 55.2 Å². The van der Waals surface area contributed by atoms with Gasteiger partial charge in [0, 0.05) is 12.3 Å². The van der Waals surface area contributed by atoms with Gasteiger partial charge in [0.2, 0.25) is 0 Å². The third kappa shape index (κ3) is 7.35. The van der Waals surface area contributed by atoms with Crippen LogP contribution in [0.5, 0.6) is 0 Å². The number of rotatable bonds is 5. The normalized spacial score (nSPS) is 21.2. The number of likely N-dealkylation sites (tertiary alicyclic amines) is 1. The van der Waals surface area contributed by atoms with E-state index in [4.69, 9.17) is 4.74 Å². The molecule has 1 saturated heterocycles. The lowest BCUT2D eigenvalue weighted by Crippen LogP contribution is -2.46. The van der Waals surface area contributed by atoms with Crippen LogP contribution in [0.4, 0.5) is 0 Å². The summed E-state index contributed by atoms with van der Waals surface area (Å²) >= 11 is 0. The van der Waals surface area contributed by atoms with E-state index in [1.54, 1.807) is 12.1 Å². The topological polar surface area (TPSA) is 135 Å². The Morgan fingerprint density at radius 1 is 1.03 bits per heavy atom. The number of ether oxygens (including phenoxy) is 1. The average molecular weight is 508 g/mol. The molecule has 0 bridgehead atoms. The van der Waals surface area contributed by atoms with E-state index in [1.165, 1.54) is 12.1 Å². The van der Waals surface area contributed by atoms with Crippen molar-refractivity contribution in [3.63, 3.8) is 0 Å². The molecule has 0 aromatic heterocycles. The summed E-state index contributed by atoms with van der Waals surface area (Å²) in [6, 6.07) is 15.1. The maximum atomic E-state index is 12.9. The SMILES string of the molecule is C[N+]1(C)CC[C@@H](OC(=O)[C@@](O)(c2ccccc2)C2CCCC2)C1.Cc1ccc(S(=O)(=O)[O-])cc1.O. The predicted molar refractivity (Wildman–Crippen MR) is 131 cm³/mol. The van der Waals surface area contributed by atoms with Crippen molar-refractivity contribution in [1.29, 1.82) is 0 Å². The summed E-state index contributed by atoms with van der Waals surface area (Å²) in [5.74, 6) is -0.496. The van der Waals surface area contributed by atoms with Gasteiger partial charge in [-0.15, -0.1) is 0 Å². The molecule has 9 heteroatoms. The quantitative estimate of drug-likeness (QED) is 0.375. The van der Waals surface area contributed by atoms with Crippen LogP contribution in [0.15, 0.2) is 59.5 Å². The van der Waals surface area contributed by atoms with Gasteiger partial charge in [-0.05, 0) is 37.5 Å². The summed E-state index contributed by atoms with van der Waals surface area (Å²) in [5.41, 5.74) is 0.0957. The lowest BCUT2D eigenvalue weighted by molar-refractivity contribution is -0.879. The second-order valence-electron chi connectivity index (χ2n) is 10.0. The van der Waals surface area contributed by atoms with Crippen LogP contribution in [0.1, 0.15) is 43.2 Å². The molecule has 2 aliphatic rings. The molecule has 4 rings (SSSR count). The Kier molecular flexibility index (Phi) is 9.61. The highest BCUT2D eigenvalue weighted by Gasteiger charge is 2.49. The highest BCUT2D eigenvalue weighted by atomic mass is 32.2. The van der Waals surface area contributed by atoms with Crippen LogP contribution < -0.4 is 0 Å². The van der Waals surface area contributed by atoms with Gasteiger partial charge in [0.05, 0.1) is 25.5 Å². The number of aliphatic hydroxyl groups is 1. The molecule has 1 heterocycles. The minimum absolute atomic E-state index is 0. The standard InChI is InChI=1S/C19H28NO3.C7H8O3S.H2O/c1-20(2)13-12-17(14-20)23-18(21)19(22,16-10-6-7-11-16)15-8-4-3-5-9-15;1-6-2-4-7(5-3-6)11(8,9)10;/h3-5,8-9,16-17,22H,6-7,10-14H2,1-2H3;2-5H,1H3,(H,8,9,10);1H2/q+1;;/p-1/t17-,19-;;/m1../s1. The van der Waals surface area contributed by atoms with Crippen LogP contribution >= 0.6 is 0 Å². The van der Waals surface area contributed by atoms with Crippen molar-refractivity contribution in [3.05, 3.63) is 65.7 Å². The average Bonchev–Trinajstić information content (AvgIpc) is 3.44. The molecule has 1 aliphatic carbocycles. The molecule has 2 fully saturated rings. The number of hydrogen-bond acceptors (Lipinski definition) is 6. The van der Waals surface area contributed by atoms with Crippen molar-refractivity contribution < 1.29 is 37.6 Å². The fourth-order valence-corrected chi connectivity index (χ4v) is 5.30. The Balaban J connectivity index is 0.000000305. The van der Waals surface area contributed by atoms with E-state index in [0.29, 0.717) is 5.56 Å². The summed E-state index contributed by atoms with van der Waals surface area (Å²) in [6.07, 6.45) is 4.68. The monoisotopic (exact) mass is 507 g/mol. The molecule has 2 atom stereocenters. The number of carbonyl (C=O) groups excluding carboxylic acids is 1. The van der Waals surface area contributed by atoms with Gasteiger partial charge in [0.1, 0.15) is 16.7 Å². The molecule has 0 spiro atoms. The minimum atomic E-state index is -4.27. The first kappa shape index (κ1) is 28.9. The number of quaternary nitrogens is 1. The molecule has 194 valence electrons. The number of esters is 1. The first-order valence-electron chi connectivity index (χ1n) is 11.8. The summed E-state index contributed by atoms with van der Waals surface area (Å²) in [6.45, 7) is 3.65. The first-order valence-corrected chi connectivity index (χ1v) is 13.2. The molecule has 0 unspecified atom stereocenters. The Hall–Kier alpha value is -2.30. The van der Waals surface area contributed by atoms with Crippen molar-refractivity contribution in [2.45, 2.75) is 55.6 Å². The fourth-order valence-electron chi connectivity index (χ4n) is 4.83. The van der Waals surface area contributed by atoms with E-state index < -0.39 is 21.7 Å². The molecule has 35 heavy (non-hydrogen) atoms. The zero-order chi connectivity index (χ0) is 25.0. The molecule has 1 saturated carbocycles. The molecule has 1 aliphatic heterocycles. The molecule has 0 amide bonds. The summed E-state index contributed by atoms with van der Waals surface area (Å²) in [4.78, 5) is 12.8. The van der Waals surface area contributed by atoms with Gasteiger partial charge in [-0.2, -0.15) is 0 Å². The van der Waals surface area contributed by atoms with Crippen LogP contribution in [-0.4, -0.2) is 67.3 Å². The fraction of sp³-hybridized carbons (Fsp3) is 0.500. The number of likely N-dealkylation sites (N-methyl/N-ethyl adjacent to an activating group) is 1. The Labute approximate surface area is 208 Å². The van der Waals surface area contributed by atoms with Gasteiger partial charge in [-0.1, -0.05) is 60.9 Å². The molecular weight excluding hydrogens is 470 g/mol. The van der Waals surface area contributed by atoms with Crippen LogP contribution in [0, 0.1) is 12.8 Å². The summed E-state index contributed by atoms with van der Waals surface area (Å²) in [7, 11) is 0.0245. The number of benzene rings is 2. The largest absolute Gasteiger partial charge is 0.744 e. The van der Waals surface area contributed by atoms with Crippen molar-refractivity contribution >= 4 is 16.1 Å². The summed E-state index contributed by atoms with van der Waals surface area (Å²) < 4.78 is 37.8. The highest BCUT2D eigenvalue weighted by molar-refractivity contribution is 7.85. The molecule has 2 aromatic rings. The molecule has 2 aromatic carbocycles. The van der Waals surface area contributed by atoms with Crippen molar-refractivity contribution in [2.75, 3.05) is 27.2 Å². The molecule has 0 radical (unpaired) electrons. The number of aryl methyl sites for hydroxylation is 1. The van der Waals surface area contributed by atoms with Crippen molar-refractivity contribution in [1.82, 2.24) is 0 Å². The van der Waals surface area contributed by atoms with Crippen LogP contribution in [0.25, 0.3) is 0 Å². The summed E-state index contributed by atoms with van der Waals surface area (Å²) in [5, 5.41) is 11.4. The molecule has 3 N–H and O–H groups in total. The van der Waals surface area contributed by atoms with Gasteiger partial charge in [0.15, 0.2) is 11.7 Å². The second kappa shape index (κ2) is 11.6. The van der Waals surface area contributed by atoms with Gasteiger partial charge in [-0.3, -0.25) is 0 Å². The zero-order valence-electron chi connectivity index (χ0n) is 20.6. The minimum Gasteiger partial charge on any atom is -0.744 e. The molecular formula is C26H37NO7S. The van der Waals surface area contributed by atoms with E-state index in [9.17, 15) is 22.9 Å². The predicted octanol–water partition coefficient (Wildman–Crippen LogP) is 2.53. The van der Waals surface area contributed by atoms with E-state index in [2.05, 4.69) is 14.1 Å². The van der Waals surface area contributed by atoms with E-state index >= 15 is 0 Å². The van der Waals surface area contributed by atoms with Crippen molar-refractivity contribution in [2.24, 2.45) is 5.92 Å². The maximum absolute atomic E-state index is 12.9. The number of carbonyl (C=O) groups is 1. The second-order valence-corrected chi connectivity index (χ2v) is 11.4. The van der Waals surface area contributed by atoms with Gasteiger partial charge in [-0.25, -0.2) is 13.2 Å². The van der Waals surface area contributed by atoms with Gasteiger partial charge in [0.25, 0.3) is 0 Å². The Morgan fingerprint density at radius 2 is 1.60 bits per heavy atom. The number of hydrogen-bond donors (Lipinski definition) is 1. The Bertz CT molecular complexity index is 1060. The smallest absolute Gasteiger partial charge is 0.343 e. The lowest BCUT2D eigenvalue weighted by Gasteiger charge is -2.33. The van der Waals surface area contributed by atoms with Crippen LogP contribution in [0.3, 0.4) is 0 Å². The van der Waals surface area contributed by atoms with Crippen molar-refractivity contribution in [3.8, 4) is 0 Å². The van der Waals surface area contributed by atoms with E-state index in [-0.39, 0.29) is 22.4 Å². The zero-order valence-corrected chi connectivity index (χ0v) is 21.5. The lowest BCUT2D eigenvalue weighted by atomic mass is 9.80. The maximum Gasteiger partial charge on any atom is 0.343 e. The third-order valence-electron chi connectivity index (χ3n) is 6.81. The van der Waals surface area contributed by atoms with Gasteiger partial charge < -0.3 is 24.4 Å². The third-order valence-corrected chi connectivity index (χ3v) is 7.66. The molecule has 8 nitrogen and oxygen atoms in total. The number of nitrogens with zero attached hydrogens (tertiary/aromatic N) is 1.